The van der Waals surface area contributed by atoms with Crippen LogP contribution in [0.2, 0.25) is 0 Å². The SMILES string of the molecule is CC(C)(O)COc1cc(-c2ccc(N3CC4CCC(C3)N4C(=O)OC(C)(C)C)nc2)c2c(C#N)cnn2c1. The first-order chi connectivity index (χ1) is 17.9. The minimum absolute atomic E-state index is 0.0966. The lowest BCUT2D eigenvalue weighted by atomic mass is 10.0. The number of amides is 1. The van der Waals surface area contributed by atoms with Crippen molar-refractivity contribution in [1.82, 2.24) is 19.5 Å². The first-order valence-electron chi connectivity index (χ1n) is 12.9. The van der Waals surface area contributed by atoms with Gasteiger partial charge in [-0.3, -0.25) is 4.90 Å². The van der Waals surface area contributed by atoms with Crippen molar-refractivity contribution in [2.24, 2.45) is 0 Å². The van der Waals surface area contributed by atoms with E-state index in [1.54, 1.807) is 30.8 Å². The summed E-state index contributed by atoms with van der Waals surface area (Å²) in [6, 6.07) is 8.20. The standard InChI is InChI=1S/C28H34N6O4/c1-27(2,3)38-26(35)34-20-7-8-21(34)15-32(14-20)24-9-6-18(12-30-24)23-10-22(37-17-28(4,5)36)16-33-25(23)19(11-29)13-31-33/h6,9-10,12-13,16,20-21,36H,7-8,14-15,17H2,1-5H3. The summed E-state index contributed by atoms with van der Waals surface area (Å²) in [5.74, 6) is 1.37. The Morgan fingerprint density at radius 3 is 2.45 bits per heavy atom. The number of aromatic nitrogens is 3. The molecule has 0 aliphatic carbocycles. The number of hydrogen-bond donors (Lipinski definition) is 1. The summed E-state index contributed by atoms with van der Waals surface area (Å²) in [7, 11) is 0. The van der Waals surface area contributed by atoms with Gasteiger partial charge in [0.15, 0.2) is 0 Å². The van der Waals surface area contributed by atoms with Crippen LogP contribution in [0, 0.1) is 11.3 Å². The van der Waals surface area contributed by atoms with Crippen molar-refractivity contribution in [1.29, 1.82) is 5.26 Å². The fourth-order valence-corrected chi connectivity index (χ4v) is 5.17. The van der Waals surface area contributed by atoms with Crippen molar-refractivity contribution in [3.63, 3.8) is 0 Å². The van der Waals surface area contributed by atoms with Gasteiger partial charge in [0.05, 0.1) is 41.2 Å². The summed E-state index contributed by atoms with van der Waals surface area (Å²) in [6.07, 6.45) is 6.68. The number of piperazine rings is 1. The second-order valence-corrected chi connectivity index (χ2v) is 11.7. The second-order valence-electron chi connectivity index (χ2n) is 11.7. The van der Waals surface area contributed by atoms with Crippen molar-refractivity contribution in [2.75, 3.05) is 24.6 Å². The largest absolute Gasteiger partial charge is 0.489 e. The Bertz CT molecular complexity index is 1370. The molecule has 0 radical (unpaired) electrons. The Morgan fingerprint density at radius 2 is 1.87 bits per heavy atom. The van der Waals surface area contributed by atoms with Crippen molar-refractivity contribution in [2.45, 2.75) is 70.7 Å². The molecule has 5 heterocycles. The third-order valence-electron chi connectivity index (χ3n) is 6.77. The van der Waals surface area contributed by atoms with Gasteiger partial charge in [0, 0.05) is 30.4 Å². The number of aliphatic hydroxyl groups is 1. The van der Waals surface area contributed by atoms with E-state index in [0.717, 1.165) is 29.8 Å². The monoisotopic (exact) mass is 518 g/mol. The van der Waals surface area contributed by atoms with Gasteiger partial charge in [-0.05, 0) is 65.7 Å². The molecule has 38 heavy (non-hydrogen) atoms. The van der Waals surface area contributed by atoms with Gasteiger partial charge >= 0.3 is 6.09 Å². The molecular formula is C28H34N6O4. The molecule has 3 aromatic heterocycles. The second kappa shape index (κ2) is 9.48. The van der Waals surface area contributed by atoms with Crippen molar-refractivity contribution < 1.29 is 19.4 Å². The fourth-order valence-electron chi connectivity index (χ4n) is 5.17. The Balaban J connectivity index is 1.39. The first-order valence-corrected chi connectivity index (χ1v) is 12.9. The molecule has 2 fully saturated rings. The molecule has 0 spiro atoms. The Labute approximate surface area is 222 Å². The van der Waals surface area contributed by atoms with Gasteiger partial charge in [-0.25, -0.2) is 14.3 Å². The van der Waals surface area contributed by atoms with Crippen molar-refractivity contribution in [3.05, 3.63) is 42.4 Å². The minimum Gasteiger partial charge on any atom is -0.489 e. The highest BCUT2D eigenvalue weighted by Crippen LogP contribution is 2.35. The van der Waals surface area contributed by atoms with Crippen LogP contribution in [0.25, 0.3) is 16.6 Å². The topological polar surface area (TPSA) is 116 Å². The maximum atomic E-state index is 12.8. The van der Waals surface area contributed by atoms with Gasteiger partial charge in [-0.1, -0.05) is 0 Å². The molecule has 2 atom stereocenters. The number of fused-ring (bicyclic) bond motifs is 3. The van der Waals surface area contributed by atoms with E-state index in [1.807, 2.05) is 43.9 Å². The highest BCUT2D eigenvalue weighted by molar-refractivity contribution is 5.85. The van der Waals surface area contributed by atoms with Crippen LogP contribution in [-0.4, -0.2) is 73.7 Å². The van der Waals surface area contributed by atoms with Crippen LogP contribution < -0.4 is 9.64 Å². The van der Waals surface area contributed by atoms with Crippen LogP contribution in [0.5, 0.6) is 5.75 Å². The third kappa shape index (κ3) is 5.24. The molecule has 200 valence electrons. The van der Waals surface area contributed by atoms with E-state index in [4.69, 9.17) is 14.5 Å². The number of ether oxygens (including phenoxy) is 2. The molecule has 2 aliphatic rings. The molecule has 5 rings (SSSR count). The molecule has 1 N–H and O–H groups in total. The lowest BCUT2D eigenvalue weighted by Crippen LogP contribution is -2.57. The lowest BCUT2D eigenvalue weighted by Gasteiger charge is -2.41. The Kier molecular flexibility index (Phi) is 6.43. The van der Waals surface area contributed by atoms with Crippen LogP contribution in [0.15, 0.2) is 36.8 Å². The van der Waals surface area contributed by atoms with E-state index in [0.29, 0.717) is 29.9 Å². The number of carbonyl (C=O) groups is 1. The van der Waals surface area contributed by atoms with Crippen molar-refractivity contribution in [3.8, 4) is 22.9 Å². The van der Waals surface area contributed by atoms with Gasteiger partial charge in [-0.2, -0.15) is 10.4 Å². The van der Waals surface area contributed by atoms with E-state index in [2.05, 4.69) is 16.1 Å². The van der Waals surface area contributed by atoms with Gasteiger partial charge in [-0.15, -0.1) is 0 Å². The maximum Gasteiger partial charge on any atom is 0.410 e. The summed E-state index contributed by atoms with van der Waals surface area (Å²) in [5.41, 5.74) is 1.19. The maximum absolute atomic E-state index is 12.8. The number of pyridine rings is 2. The zero-order chi connectivity index (χ0) is 27.2. The van der Waals surface area contributed by atoms with Crippen LogP contribution in [0.1, 0.15) is 53.0 Å². The minimum atomic E-state index is -0.993. The molecule has 3 aromatic rings. The molecule has 2 aliphatic heterocycles. The quantitative estimate of drug-likeness (QED) is 0.539. The number of nitriles is 1. The molecule has 2 bridgehead atoms. The van der Waals surface area contributed by atoms with E-state index in [1.165, 1.54) is 6.20 Å². The average molecular weight is 519 g/mol. The molecule has 2 unspecified atom stereocenters. The number of carbonyl (C=O) groups excluding carboxylic acids is 1. The molecule has 10 heteroatoms. The van der Waals surface area contributed by atoms with Gasteiger partial charge < -0.3 is 19.5 Å². The van der Waals surface area contributed by atoms with Crippen molar-refractivity contribution >= 4 is 17.4 Å². The van der Waals surface area contributed by atoms with E-state index < -0.39 is 11.2 Å². The lowest BCUT2D eigenvalue weighted by molar-refractivity contribution is 0.0122. The van der Waals surface area contributed by atoms with Crippen LogP contribution >= 0.6 is 0 Å². The highest BCUT2D eigenvalue weighted by atomic mass is 16.6. The van der Waals surface area contributed by atoms with E-state index in [9.17, 15) is 15.2 Å². The summed E-state index contributed by atoms with van der Waals surface area (Å²) in [6.45, 7) is 10.5. The summed E-state index contributed by atoms with van der Waals surface area (Å²) in [5, 5.41) is 24.0. The molecule has 1 amide bonds. The van der Waals surface area contributed by atoms with E-state index in [-0.39, 0.29) is 24.8 Å². The predicted molar refractivity (Wildman–Crippen MR) is 142 cm³/mol. The molecule has 0 saturated carbocycles. The first kappa shape index (κ1) is 25.8. The highest BCUT2D eigenvalue weighted by Gasteiger charge is 2.44. The van der Waals surface area contributed by atoms with Crippen LogP contribution in [0.3, 0.4) is 0 Å². The Hall–Kier alpha value is -3.84. The summed E-state index contributed by atoms with van der Waals surface area (Å²) >= 11 is 0. The zero-order valence-corrected chi connectivity index (χ0v) is 22.5. The third-order valence-corrected chi connectivity index (χ3v) is 6.77. The number of nitrogens with zero attached hydrogens (tertiary/aromatic N) is 6. The number of rotatable bonds is 5. The van der Waals surface area contributed by atoms with Crippen LogP contribution in [0.4, 0.5) is 10.6 Å². The Morgan fingerprint density at radius 1 is 1.16 bits per heavy atom. The smallest absolute Gasteiger partial charge is 0.410 e. The van der Waals surface area contributed by atoms with Crippen LogP contribution in [-0.2, 0) is 4.74 Å². The van der Waals surface area contributed by atoms with E-state index >= 15 is 0 Å². The number of anilines is 1. The number of hydrogen-bond acceptors (Lipinski definition) is 8. The molecular weight excluding hydrogens is 484 g/mol. The predicted octanol–water partition coefficient (Wildman–Crippen LogP) is 4.01. The molecule has 2 saturated heterocycles. The summed E-state index contributed by atoms with van der Waals surface area (Å²) < 4.78 is 13.1. The van der Waals surface area contributed by atoms with Gasteiger partial charge in [0.2, 0.25) is 0 Å². The summed E-state index contributed by atoms with van der Waals surface area (Å²) in [4.78, 5) is 21.7. The van der Waals surface area contributed by atoms with Gasteiger partial charge in [0.25, 0.3) is 0 Å². The normalized spacial score (nSPS) is 19.5. The molecule has 0 aromatic carbocycles. The van der Waals surface area contributed by atoms with Gasteiger partial charge in [0.1, 0.15) is 29.8 Å². The zero-order valence-electron chi connectivity index (χ0n) is 22.5. The molecule has 10 nitrogen and oxygen atoms in total. The average Bonchev–Trinajstić information content (AvgIpc) is 3.38. The fraction of sp³-hybridized carbons (Fsp3) is 0.500.